The minimum Gasteiger partial charge on any atom is -0.495 e. The van der Waals surface area contributed by atoms with Crippen LogP contribution in [0, 0.1) is 0 Å². The second kappa shape index (κ2) is 11.9. The van der Waals surface area contributed by atoms with Gasteiger partial charge in [0.05, 0.1) is 40.7 Å². The summed E-state index contributed by atoms with van der Waals surface area (Å²) in [6.45, 7) is -0.450. The Balaban J connectivity index is 0.00000450. The lowest BCUT2D eigenvalue weighted by Crippen LogP contribution is -2.38. The zero-order valence-electron chi connectivity index (χ0n) is 17.3. The topological polar surface area (TPSA) is 112 Å². The summed E-state index contributed by atoms with van der Waals surface area (Å²) < 4.78 is 21.3. The number of halogens is 1. The third-order valence-corrected chi connectivity index (χ3v) is 4.17. The number of aliphatic hydroxyl groups is 1. The first-order chi connectivity index (χ1) is 14.0. The van der Waals surface area contributed by atoms with Crippen LogP contribution in [0.25, 0.3) is 12.2 Å². The SMILES string of the molecule is COc1ccc(/C=C\c2cc(OC)c(OC)c(OC)c2)cc1NC(=O)C(N)CO.Cl. The van der Waals surface area contributed by atoms with Crippen molar-refractivity contribution >= 4 is 36.2 Å². The molecule has 2 aromatic rings. The molecular weight excluding hydrogens is 412 g/mol. The van der Waals surface area contributed by atoms with Crippen LogP contribution in [0.15, 0.2) is 30.3 Å². The third kappa shape index (κ3) is 6.03. The lowest BCUT2D eigenvalue weighted by atomic mass is 10.1. The van der Waals surface area contributed by atoms with Gasteiger partial charge >= 0.3 is 0 Å². The number of aliphatic hydroxyl groups excluding tert-OH is 1. The molecular formula is C21H27ClN2O6. The van der Waals surface area contributed by atoms with Crippen molar-refractivity contribution in [3.8, 4) is 23.0 Å². The quantitative estimate of drug-likeness (QED) is 0.516. The largest absolute Gasteiger partial charge is 0.495 e. The number of carbonyl (C=O) groups excluding carboxylic acids is 1. The molecule has 0 aliphatic heterocycles. The molecule has 0 spiro atoms. The molecule has 0 radical (unpaired) electrons. The first kappa shape index (κ1) is 25.1. The average molecular weight is 439 g/mol. The molecule has 0 aromatic heterocycles. The van der Waals surface area contributed by atoms with E-state index in [-0.39, 0.29) is 12.4 Å². The Bertz CT molecular complexity index is 863. The van der Waals surface area contributed by atoms with Crippen LogP contribution in [-0.2, 0) is 4.79 Å². The summed E-state index contributed by atoms with van der Waals surface area (Å²) in [5.41, 5.74) is 7.66. The third-order valence-electron chi connectivity index (χ3n) is 4.17. The highest BCUT2D eigenvalue weighted by Crippen LogP contribution is 2.38. The lowest BCUT2D eigenvalue weighted by Gasteiger charge is -2.14. The van der Waals surface area contributed by atoms with E-state index in [1.807, 2.05) is 30.4 Å². The number of rotatable bonds is 9. The van der Waals surface area contributed by atoms with Gasteiger partial charge in [0.1, 0.15) is 11.8 Å². The van der Waals surface area contributed by atoms with Crippen molar-refractivity contribution in [3.05, 3.63) is 41.5 Å². The highest BCUT2D eigenvalue weighted by molar-refractivity contribution is 5.96. The molecule has 9 heteroatoms. The molecule has 0 aliphatic carbocycles. The monoisotopic (exact) mass is 438 g/mol. The normalized spacial score (nSPS) is 11.4. The number of ether oxygens (including phenoxy) is 4. The smallest absolute Gasteiger partial charge is 0.243 e. The van der Waals surface area contributed by atoms with Gasteiger partial charge in [0.15, 0.2) is 11.5 Å². The molecule has 2 rings (SSSR count). The predicted molar refractivity (Wildman–Crippen MR) is 119 cm³/mol. The van der Waals surface area contributed by atoms with Crippen LogP contribution < -0.4 is 30.0 Å². The summed E-state index contributed by atoms with van der Waals surface area (Å²) in [6, 6.07) is 7.95. The molecule has 4 N–H and O–H groups in total. The second-order valence-electron chi connectivity index (χ2n) is 6.03. The summed E-state index contributed by atoms with van der Waals surface area (Å²) in [7, 11) is 6.16. The van der Waals surface area contributed by atoms with E-state index in [9.17, 15) is 4.79 Å². The number of hydrogen-bond donors (Lipinski definition) is 3. The molecule has 1 unspecified atom stereocenters. The highest BCUT2D eigenvalue weighted by Gasteiger charge is 2.15. The van der Waals surface area contributed by atoms with Gasteiger partial charge in [0, 0.05) is 0 Å². The zero-order chi connectivity index (χ0) is 21.4. The van der Waals surface area contributed by atoms with Crippen LogP contribution >= 0.6 is 12.4 Å². The molecule has 1 amide bonds. The molecule has 8 nitrogen and oxygen atoms in total. The fourth-order valence-corrected chi connectivity index (χ4v) is 2.63. The Hall–Kier alpha value is -2.94. The molecule has 0 saturated carbocycles. The first-order valence-electron chi connectivity index (χ1n) is 8.80. The summed E-state index contributed by atoms with van der Waals surface area (Å²) in [5, 5.41) is 11.7. The summed E-state index contributed by atoms with van der Waals surface area (Å²) in [5.74, 6) is 1.59. The van der Waals surface area contributed by atoms with Gasteiger partial charge in [-0.05, 0) is 35.4 Å². The number of carbonyl (C=O) groups is 1. The van der Waals surface area contributed by atoms with Crippen molar-refractivity contribution in [2.24, 2.45) is 5.73 Å². The van der Waals surface area contributed by atoms with Gasteiger partial charge in [-0.2, -0.15) is 0 Å². The standard InChI is InChI=1S/C21H26N2O6.ClH/c1-26-17-8-7-13(9-16(17)23-21(25)15(22)12-24)5-6-14-10-18(27-2)20(29-4)19(11-14)28-3;/h5-11,15,24H,12,22H2,1-4H3,(H,23,25);1H/b6-5-;. The zero-order valence-corrected chi connectivity index (χ0v) is 18.1. The lowest BCUT2D eigenvalue weighted by molar-refractivity contribution is -0.118. The Kier molecular flexibility index (Phi) is 9.97. The van der Waals surface area contributed by atoms with Crippen molar-refractivity contribution in [2.75, 3.05) is 40.4 Å². The van der Waals surface area contributed by atoms with Crippen LogP contribution in [0.4, 0.5) is 5.69 Å². The molecule has 0 aliphatic rings. The van der Waals surface area contributed by atoms with Crippen molar-refractivity contribution in [2.45, 2.75) is 6.04 Å². The number of methoxy groups -OCH3 is 4. The Morgan fingerprint density at radius 1 is 0.967 bits per heavy atom. The predicted octanol–water partition coefficient (Wildman–Crippen LogP) is 2.57. The van der Waals surface area contributed by atoms with Crippen LogP contribution in [0.2, 0.25) is 0 Å². The van der Waals surface area contributed by atoms with E-state index in [0.717, 1.165) is 11.1 Å². The van der Waals surface area contributed by atoms with Crippen LogP contribution in [0.1, 0.15) is 11.1 Å². The molecule has 30 heavy (non-hydrogen) atoms. The van der Waals surface area contributed by atoms with E-state index in [2.05, 4.69) is 5.32 Å². The van der Waals surface area contributed by atoms with Crippen molar-refractivity contribution in [3.63, 3.8) is 0 Å². The van der Waals surface area contributed by atoms with Gasteiger partial charge < -0.3 is 35.1 Å². The maximum absolute atomic E-state index is 12.0. The van der Waals surface area contributed by atoms with Gasteiger partial charge in [-0.3, -0.25) is 4.79 Å². The van der Waals surface area contributed by atoms with Gasteiger partial charge in [-0.15, -0.1) is 12.4 Å². The van der Waals surface area contributed by atoms with E-state index in [4.69, 9.17) is 29.8 Å². The molecule has 1 atom stereocenters. The fraction of sp³-hybridized carbons (Fsp3) is 0.286. The van der Waals surface area contributed by atoms with E-state index in [0.29, 0.717) is 28.7 Å². The molecule has 2 aromatic carbocycles. The molecule has 0 saturated heterocycles. The Labute approximate surface area is 182 Å². The van der Waals surface area contributed by atoms with Gasteiger partial charge in [0.25, 0.3) is 0 Å². The van der Waals surface area contributed by atoms with Crippen LogP contribution in [-0.4, -0.2) is 52.1 Å². The van der Waals surface area contributed by atoms with Crippen molar-refractivity contribution in [1.29, 1.82) is 0 Å². The molecule has 0 fully saturated rings. The molecule has 0 bridgehead atoms. The second-order valence-corrected chi connectivity index (χ2v) is 6.03. The summed E-state index contributed by atoms with van der Waals surface area (Å²) in [4.78, 5) is 12.0. The first-order valence-corrected chi connectivity index (χ1v) is 8.80. The van der Waals surface area contributed by atoms with E-state index >= 15 is 0 Å². The minimum absolute atomic E-state index is 0. The minimum atomic E-state index is -1.02. The van der Waals surface area contributed by atoms with E-state index in [1.165, 1.54) is 7.11 Å². The maximum Gasteiger partial charge on any atom is 0.243 e. The number of nitrogens with two attached hydrogens (primary N) is 1. The van der Waals surface area contributed by atoms with Gasteiger partial charge in [-0.25, -0.2) is 0 Å². The van der Waals surface area contributed by atoms with E-state index in [1.54, 1.807) is 33.5 Å². The number of anilines is 1. The average Bonchev–Trinajstić information content (AvgIpc) is 2.76. The van der Waals surface area contributed by atoms with E-state index < -0.39 is 18.6 Å². The van der Waals surface area contributed by atoms with Gasteiger partial charge in [-0.1, -0.05) is 18.2 Å². The fourth-order valence-electron chi connectivity index (χ4n) is 2.63. The van der Waals surface area contributed by atoms with Crippen LogP contribution in [0.5, 0.6) is 23.0 Å². The number of hydrogen-bond acceptors (Lipinski definition) is 7. The number of amides is 1. The number of nitrogens with one attached hydrogen (secondary N) is 1. The van der Waals surface area contributed by atoms with Crippen LogP contribution in [0.3, 0.4) is 0 Å². The summed E-state index contributed by atoms with van der Waals surface area (Å²) >= 11 is 0. The Morgan fingerprint density at radius 3 is 2.03 bits per heavy atom. The summed E-state index contributed by atoms with van der Waals surface area (Å²) in [6.07, 6.45) is 3.74. The Morgan fingerprint density at radius 2 is 1.53 bits per heavy atom. The molecule has 164 valence electrons. The van der Waals surface area contributed by atoms with Crippen molar-refractivity contribution in [1.82, 2.24) is 0 Å². The van der Waals surface area contributed by atoms with Crippen molar-refractivity contribution < 1.29 is 28.8 Å². The van der Waals surface area contributed by atoms with Gasteiger partial charge in [0.2, 0.25) is 11.7 Å². The number of benzene rings is 2. The molecule has 0 heterocycles. The maximum atomic E-state index is 12.0. The highest BCUT2D eigenvalue weighted by atomic mass is 35.5.